The summed E-state index contributed by atoms with van der Waals surface area (Å²) in [7, 11) is 0. The van der Waals surface area contributed by atoms with Gasteiger partial charge < -0.3 is 10.1 Å². The van der Waals surface area contributed by atoms with Gasteiger partial charge in [-0.3, -0.25) is 4.79 Å². The summed E-state index contributed by atoms with van der Waals surface area (Å²) in [5.41, 5.74) is 2.82. The van der Waals surface area contributed by atoms with Crippen LogP contribution in [0, 0.1) is 6.92 Å². The summed E-state index contributed by atoms with van der Waals surface area (Å²) in [5, 5.41) is 3.39. The molecule has 1 amide bonds. The summed E-state index contributed by atoms with van der Waals surface area (Å²) in [5.74, 6) is 0.489. The van der Waals surface area contributed by atoms with Gasteiger partial charge in [0.05, 0.1) is 0 Å². The van der Waals surface area contributed by atoms with Crippen LogP contribution in [0.15, 0.2) is 42.5 Å². The monoisotopic (exact) mass is 303 g/mol. The predicted molar refractivity (Wildman–Crippen MR) is 86.1 cm³/mol. The van der Waals surface area contributed by atoms with E-state index in [0.717, 1.165) is 12.0 Å². The van der Waals surface area contributed by atoms with Crippen LogP contribution in [0.1, 0.15) is 18.1 Å². The number of ether oxygens (including phenoxy) is 1. The van der Waals surface area contributed by atoms with Crippen LogP contribution < -0.4 is 10.1 Å². The van der Waals surface area contributed by atoms with Crippen molar-refractivity contribution in [2.24, 2.45) is 0 Å². The van der Waals surface area contributed by atoms with Crippen LogP contribution in [0.4, 0.5) is 5.69 Å². The molecule has 0 heterocycles. The van der Waals surface area contributed by atoms with E-state index in [0.29, 0.717) is 16.5 Å². The van der Waals surface area contributed by atoms with E-state index in [2.05, 4.69) is 12.2 Å². The maximum absolute atomic E-state index is 11.9. The third kappa shape index (κ3) is 4.50. The Labute approximate surface area is 129 Å². The molecule has 2 aromatic rings. The van der Waals surface area contributed by atoms with Gasteiger partial charge in [0.25, 0.3) is 5.91 Å². The Morgan fingerprint density at radius 1 is 1.24 bits per heavy atom. The topological polar surface area (TPSA) is 38.3 Å². The van der Waals surface area contributed by atoms with Crippen LogP contribution in [0.3, 0.4) is 0 Å². The third-order valence-electron chi connectivity index (χ3n) is 3.13. The molecule has 2 aromatic carbocycles. The Hall–Kier alpha value is -2.00. The van der Waals surface area contributed by atoms with E-state index in [1.165, 1.54) is 5.56 Å². The molecule has 0 fully saturated rings. The van der Waals surface area contributed by atoms with E-state index in [1.54, 1.807) is 6.07 Å². The minimum absolute atomic E-state index is 0.0291. The molecule has 110 valence electrons. The first-order valence-corrected chi connectivity index (χ1v) is 7.24. The van der Waals surface area contributed by atoms with Gasteiger partial charge in [0.1, 0.15) is 5.75 Å². The number of aryl methyl sites for hydroxylation is 2. The largest absolute Gasteiger partial charge is 0.484 e. The highest BCUT2D eigenvalue weighted by Crippen LogP contribution is 2.20. The Balaban J connectivity index is 1.91. The highest BCUT2D eigenvalue weighted by Gasteiger charge is 2.05. The number of halogens is 1. The molecule has 0 bridgehead atoms. The van der Waals surface area contributed by atoms with Crippen molar-refractivity contribution in [3.8, 4) is 5.75 Å². The predicted octanol–water partition coefficient (Wildman–Crippen LogP) is 4.23. The Kier molecular flexibility index (Phi) is 5.23. The van der Waals surface area contributed by atoms with Crippen LogP contribution in [0.2, 0.25) is 5.02 Å². The van der Waals surface area contributed by atoms with Gasteiger partial charge in [0.15, 0.2) is 6.61 Å². The lowest BCUT2D eigenvalue weighted by molar-refractivity contribution is -0.118. The van der Waals surface area contributed by atoms with Crippen LogP contribution >= 0.6 is 11.6 Å². The zero-order chi connectivity index (χ0) is 15.2. The molecule has 0 atom stereocenters. The van der Waals surface area contributed by atoms with Crippen molar-refractivity contribution < 1.29 is 9.53 Å². The molecule has 1 N–H and O–H groups in total. The second-order valence-electron chi connectivity index (χ2n) is 4.80. The summed E-state index contributed by atoms with van der Waals surface area (Å²) in [6.07, 6.45) is 0.936. The van der Waals surface area contributed by atoms with E-state index >= 15 is 0 Å². The number of amides is 1. The van der Waals surface area contributed by atoms with Crippen molar-refractivity contribution >= 4 is 23.2 Å². The average molecular weight is 304 g/mol. The van der Waals surface area contributed by atoms with Crippen LogP contribution in [-0.4, -0.2) is 12.5 Å². The van der Waals surface area contributed by atoms with Crippen molar-refractivity contribution in [2.75, 3.05) is 11.9 Å². The molecule has 0 aliphatic heterocycles. The van der Waals surface area contributed by atoms with Crippen molar-refractivity contribution in [2.45, 2.75) is 20.3 Å². The van der Waals surface area contributed by atoms with Gasteiger partial charge in [0.2, 0.25) is 0 Å². The van der Waals surface area contributed by atoms with Crippen molar-refractivity contribution in [3.05, 3.63) is 58.6 Å². The Morgan fingerprint density at radius 3 is 2.76 bits per heavy atom. The molecular formula is C17H18ClNO2. The van der Waals surface area contributed by atoms with Gasteiger partial charge in [-0.1, -0.05) is 36.7 Å². The van der Waals surface area contributed by atoms with E-state index in [-0.39, 0.29) is 12.5 Å². The maximum atomic E-state index is 11.9. The van der Waals surface area contributed by atoms with E-state index in [1.807, 2.05) is 43.3 Å². The quantitative estimate of drug-likeness (QED) is 0.897. The van der Waals surface area contributed by atoms with Gasteiger partial charge in [-0.25, -0.2) is 0 Å². The van der Waals surface area contributed by atoms with Gasteiger partial charge in [0, 0.05) is 10.7 Å². The van der Waals surface area contributed by atoms with Crippen LogP contribution in [-0.2, 0) is 11.2 Å². The zero-order valence-corrected chi connectivity index (χ0v) is 12.9. The molecule has 4 heteroatoms. The zero-order valence-electron chi connectivity index (χ0n) is 12.2. The van der Waals surface area contributed by atoms with Crippen LogP contribution in [0.5, 0.6) is 5.75 Å². The van der Waals surface area contributed by atoms with Crippen molar-refractivity contribution in [1.29, 1.82) is 0 Å². The molecule has 3 nitrogen and oxygen atoms in total. The number of carbonyl (C=O) groups is 1. The maximum Gasteiger partial charge on any atom is 0.262 e. The number of anilines is 1. The summed E-state index contributed by atoms with van der Waals surface area (Å²) in [4.78, 5) is 11.9. The van der Waals surface area contributed by atoms with Crippen LogP contribution in [0.25, 0.3) is 0 Å². The summed E-state index contributed by atoms with van der Waals surface area (Å²) < 4.78 is 5.49. The molecule has 2 rings (SSSR count). The van der Waals surface area contributed by atoms with E-state index in [9.17, 15) is 4.79 Å². The second-order valence-corrected chi connectivity index (χ2v) is 5.21. The molecule has 0 saturated heterocycles. The molecule has 0 saturated carbocycles. The fourth-order valence-electron chi connectivity index (χ4n) is 1.87. The Bertz CT molecular complexity index is 640. The molecule has 0 spiro atoms. The standard InChI is InChI=1S/C17H18ClNO2/c1-3-13-5-4-6-15(9-13)21-11-17(20)19-14-8-7-12(2)16(18)10-14/h4-10H,3,11H2,1-2H3,(H,19,20). The third-order valence-corrected chi connectivity index (χ3v) is 3.54. The molecule has 0 radical (unpaired) electrons. The fourth-order valence-corrected chi connectivity index (χ4v) is 2.05. The minimum Gasteiger partial charge on any atom is -0.484 e. The fraction of sp³-hybridized carbons (Fsp3) is 0.235. The normalized spacial score (nSPS) is 10.2. The summed E-state index contributed by atoms with van der Waals surface area (Å²) in [6, 6.07) is 13.1. The van der Waals surface area contributed by atoms with Gasteiger partial charge in [-0.2, -0.15) is 0 Å². The molecule has 0 aliphatic rings. The minimum atomic E-state index is -0.211. The summed E-state index contributed by atoms with van der Waals surface area (Å²) in [6.45, 7) is 3.96. The number of hydrogen-bond donors (Lipinski definition) is 1. The highest BCUT2D eigenvalue weighted by molar-refractivity contribution is 6.31. The number of nitrogens with one attached hydrogen (secondary N) is 1. The lowest BCUT2D eigenvalue weighted by atomic mass is 10.2. The van der Waals surface area contributed by atoms with Crippen molar-refractivity contribution in [1.82, 2.24) is 0 Å². The summed E-state index contributed by atoms with van der Waals surface area (Å²) >= 11 is 6.02. The molecule has 0 aromatic heterocycles. The van der Waals surface area contributed by atoms with Gasteiger partial charge in [-0.05, 0) is 48.7 Å². The lowest BCUT2D eigenvalue weighted by Crippen LogP contribution is -2.20. The smallest absolute Gasteiger partial charge is 0.262 e. The molecular weight excluding hydrogens is 286 g/mol. The number of rotatable bonds is 5. The second kappa shape index (κ2) is 7.14. The molecule has 0 aliphatic carbocycles. The van der Waals surface area contributed by atoms with Gasteiger partial charge >= 0.3 is 0 Å². The SMILES string of the molecule is CCc1cccc(OCC(=O)Nc2ccc(C)c(Cl)c2)c1. The van der Waals surface area contributed by atoms with Crippen molar-refractivity contribution in [3.63, 3.8) is 0 Å². The Morgan fingerprint density at radius 2 is 2.05 bits per heavy atom. The van der Waals surface area contributed by atoms with Gasteiger partial charge in [-0.15, -0.1) is 0 Å². The van der Waals surface area contributed by atoms with E-state index < -0.39 is 0 Å². The lowest BCUT2D eigenvalue weighted by Gasteiger charge is -2.09. The molecule has 0 unspecified atom stereocenters. The number of benzene rings is 2. The first-order chi connectivity index (χ1) is 10.1. The number of carbonyl (C=O) groups excluding carboxylic acids is 1. The highest BCUT2D eigenvalue weighted by atomic mass is 35.5. The average Bonchev–Trinajstić information content (AvgIpc) is 2.49. The first kappa shape index (κ1) is 15.4. The number of hydrogen-bond acceptors (Lipinski definition) is 2. The van der Waals surface area contributed by atoms with E-state index in [4.69, 9.17) is 16.3 Å². The first-order valence-electron chi connectivity index (χ1n) is 6.86. The molecule has 21 heavy (non-hydrogen) atoms.